The summed E-state index contributed by atoms with van der Waals surface area (Å²) in [6.45, 7) is 1.47. The fourth-order valence-electron chi connectivity index (χ4n) is 2.52. The van der Waals surface area contributed by atoms with Crippen LogP contribution in [-0.4, -0.2) is 43.6 Å². The molecule has 1 N–H and O–H groups in total. The molecule has 0 spiro atoms. The smallest absolute Gasteiger partial charge is 0.194 e. The van der Waals surface area contributed by atoms with Crippen molar-refractivity contribution in [2.75, 3.05) is 33.1 Å². The van der Waals surface area contributed by atoms with Crippen LogP contribution in [0, 0.1) is 0 Å². The van der Waals surface area contributed by atoms with Crippen LogP contribution < -0.4 is 10.2 Å². The van der Waals surface area contributed by atoms with E-state index in [1.165, 1.54) is 11.3 Å². The summed E-state index contributed by atoms with van der Waals surface area (Å²) in [6.07, 6.45) is 1.91. The van der Waals surface area contributed by atoms with E-state index in [9.17, 15) is 0 Å². The van der Waals surface area contributed by atoms with Crippen molar-refractivity contribution in [1.82, 2.24) is 14.8 Å². The predicted octanol–water partition coefficient (Wildman–Crippen LogP) is 3.57. The highest BCUT2D eigenvalue weighted by molar-refractivity contribution is 14.0. The standard InChI is InChI=1S/C18H26ClN5.HI/c1-20-18(24(5)13-17-10-15(19)12-23(17)4)21-11-14-6-8-16(9-7-14)22(2)3;/h6-10,12H,11,13H2,1-5H3,(H,20,21);1H. The number of hydrogen-bond acceptors (Lipinski definition) is 2. The van der Waals surface area contributed by atoms with Gasteiger partial charge in [-0.1, -0.05) is 23.7 Å². The van der Waals surface area contributed by atoms with E-state index in [-0.39, 0.29) is 24.0 Å². The van der Waals surface area contributed by atoms with Crippen molar-refractivity contribution >= 4 is 47.2 Å². The molecule has 138 valence electrons. The van der Waals surface area contributed by atoms with Crippen molar-refractivity contribution in [1.29, 1.82) is 0 Å². The van der Waals surface area contributed by atoms with Crippen LogP contribution in [0.2, 0.25) is 5.02 Å². The third-order valence-corrected chi connectivity index (χ3v) is 4.16. The first-order chi connectivity index (χ1) is 11.4. The zero-order valence-corrected chi connectivity index (χ0v) is 18.5. The summed E-state index contributed by atoms with van der Waals surface area (Å²) in [7, 11) is 9.90. The Morgan fingerprint density at radius 3 is 2.32 bits per heavy atom. The van der Waals surface area contributed by atoms with Crippen LogP contribution >= 0.6 is 35.6 Å². The monoisotopic (exact) mass is 475 g/mol. The van der Waals surface area contributed by atoms with E-state index < -0.39 is 0 Å². The first-order valence-electron chi connectivity index (χ1n) is 7.89. The van der Waals surface area contributed by atoms with Gasteiger partial charge >= 0.3 is 0 Å². The van der Waals surface area contributed by atoms with Gasteiger partial charge in [-0.05, 0) is 23.8 Å². The van der Waals surface area contributed by atoms with Crippen LogP contribution in [0.3, 0.4) is 0 Å². The van der Waals surface area contributed by atoms with Crippen LogP contribution in [0.5, 0.6) is 0 Å². The highest BCUT2D eigenvalue weighted by Crippen LogP contribution is 2.14. The van der Waals surface area contributed by atoms with Gasteiger partial charge in [-0.2, -0.15) is 0 Å². The second kappa shape index (κ2) is 9.91. The molecule has 25 heavy (non-hydrogen) atoms. The van der Waals surface area contributed by atoms with Crippen molar-refractivity contribution in [3.05, 3.63) is 52.8 Å². The largest absolute Gasteiger partial charge is 0.378 e. The number of nitrogens with one attached hydrogen (secondary N) is 1. The number of guanidine groups is 1. The fourth-order valence-corrected chi connectivity index (χ4v) is 2.79. The van der Waals surface area contributed by atoms with Gasteiger partial charge in [-0.25, -0.2) is 0 Å². The molecule has 5 nitrogen and oxygen atoms in total. The molecular formula is C18H27ClIN5. The molecule has 0 fully saturated rings. The summed E-state index contributed by atoms with van der Waals surface area (Å²) < 4.78 is 2.03. The van der Waals surface area contributed by atoms with Crippen LogP contribution in [0.1, 0.15) is 11.3 Å². The summed E-state index contributed by atoms with van der Waals surface area (Å²) >= 11 is 6.05. The minimum absolute atomic E-state index is 0. The number of halogens is 2. The normalized spacial score (nSPS) is 11.0. The lowest BCUT2D eigenvalue weighted by atomic mass is 10.2. The second-order valence-electron chi connectivity index (χ2n) is 6.08. The van der Waals surface area contributed by atoms with Crippen LogP contribution in [0.15, 0.2) is 41.5 Å². The highest BCUT2D eigenvalue weighted by atomic mass is 127. The van der Waals surface area contributed by atoms with E-state index >= 15 is 0 Å². The van der Waals surface area contributed by atoms with Gasteiger partial charge in [0.05, 0.1) is 11.6 Å². The maximum Gasteiger partial charge on any atom is 0.194 e. The molecule has 7 heteroatoms. The van der Waals surface area contributed by atoms with E-state index in [4.69, 9.17) is 11.6 Å². The Kier molecular flexibility index (Phi) is 8.58. The Bertz CT molecular complexity index is 694. The third-order valence-electron chi connectivity index (χ3n) is 3.95. The van der Waals surface area contributed by atoms with Gasteiger partial charge < -0.3 is 19.7 Å². The molecule has 0 unspecified atom stereocenters. The number of nitrogens with zero attached hydrogens (tertiary/aromatic N) is 4. The van der Waals surface area contributed by atoms with Gasteiger partial charge in [0, 0.05) is 59.4 Å². The SMILES string of the molecule is CN=C(NCc1ccc(N(C)C)cc1)N(C)Cc1cc(Cl)cn1C.I. The third kappa shape index (κ3) is 6.11. The molecule has 1 heterocycles. The molecule has 0 aliphatic rings. The average Bonchev–Trinajstić information content (AvgIpc) is 2.85. The summed E-state index contributed by atoms with van der Waals surface area (Å²) in [4.78, 5) is 8.54. The Balaban J connectivity index is 0.00000312. The van der Waals surface area contributed by atoms with Gasteiger partial charge in [0.2, 0.25) is 0 Å². The topological polar surface area (TPSA) is 35.8 Å². The zero-order chi connectivity index (χ0) is 17.7. The molecule has 0 bridgehead atoms. The van der Waals surface area contributed by atoms with Crippen molar-refractivity contribution < 1.29 is 0 Å². The van der Waals surface area contributed by atoms with Crippen molar-refractivity contribution in [2.24, 2.45) is 12.0 Å². The molecule has 0 amide bonds. The lowest BCUT2D eigenvalue weighted by molar-refractivity contribution is 0.461. The maximum atomic E-state index is 6.05. The minimum atomic E-state index is 0. The average molecular weight is 476 g/mol. The first-order valence-corrected chi connectivity index (χ1v) is 8.27. The summed E-state index contributed by atoms with van der Waals surface area (Å²) in [5, 5.41) is 4.16. The van der Waals surface area contributed by atoms with Gasteiger partial charge in [-0.15, -0.1) is 24.0 Å². The molecule has 0 radical (unpaired) electrons. The Labute approximate surface area is 172 Å². The maximum absolute atomic E-state index is 6.05. The quantitative estimate of drug-likeness (QED) is 0.408. The van der Waals surface area contributed by atoms with Crippen LogP contribution in [0.25, 0.3) is 0 Å². The number of aromatic nitrogens is 1. The van der Waals surface area contributed by atoms with Gasteiger partial charge in [-0.3, -0.25) is 4.99 Å². The van der Waals surface area contributed by atoms with E-state index in [0.29, 0.717) is 0 Å². The molecule has 0 saturated heterocycles. The number of rotatable bonds is 5. The lowest BCUT2D eigenvalue weighted by Gasteiger charge is -2.22. The zero-order valence-electron chi connectivity index (χ0n) is 15.5. The summed E-state index contributed by atoms with van der Waals surface area (Å²) in [5.74, 6) is 0.851. The van der Waals surface area contributed by atoms with Crippen molar-refractivity contribution in [3.8, 4) is 0 Å². The van der Waals surface area contributed by atoms with Crippen LogP contribution in [-0.2, 0) is 20.1 Å². The molecule has 0 aliphatic carbocycles. The summed E-state index contributed by atoms with van der Waals surface area (Å²) in [6, 6.07) is 10.5. The Morgan fingerprint density at radius 1 is 1.20 bits per heavy atom. The van der Waals surface area contributed by atoms with Gasteiger partial charge in [0.1, 0.15) is 0 Å². The minimum Gasteiger partial charge on any atom is -0.378 e. The van der Waals surface area contributed by atoms with Gasteiger partial charge in [0.15, 0.2) is 5.96 Å². The van der Waals surface area contributed by atoms with Crippen molar-refractivity contribution in [2.45, 2.75) is 13.1 Å². The molecule has 0 saturated carbocycles. The van der Waals surface area contributed by atoms with Crippen molar-refractivity contribution in [3.63, 3.8) is 0 Å². The Hall–Kier alpha value is -1.41. The predicted molar refractivity (Wildman–Crippen MR) is 118 cm³/mol. The summed E-state index contributed by atoms with van der Waals surface area (Å²) in [5.41, 5.74) is 3.55. The molecule has 2 aromatic rings. The number of aliphatic imine (C=N–C) groups is 1. The number of hydrogen-bond donors (Lipinski definition) is 1. The van der Waals surface area contributed by atoms with Crippen LogP contribution in [0.4, 0.5) is 5.69 Å². The van der Waals surface area contributed by atoms with E-state index in [1.807, 2.05) is 45.0 Å². The fraction of sp³-hybridized carbons (Fsp3) is 0.389. The highest BCUT2D eigenvalue weighted by Gasteiger charge is 2.09. The molecule has 1 aromatic carbocycles. The van der Waals surface area contributed by atoms with E-state index in [0.717, 1.165) is 29.8 Å². The Morgan fingerprint density at radius 2 is 1.84 bits per heavy atom. The number of anilines is 1. The number of benzene rings is 1. The molecule has 1 aromatic heterocycles. The first kappa shape index (κ1) is 21.6. The molecule has 0 atom stereocenters. The molecule has 0 aliphatic heterocycles. The molecule has 2 rings (SSSR count). The lowest BCUT2D eigenvalue weighted by Crippen LogP contribution is -2.38. The van der Waals surface area contributed by atoms with E-state index in [1.54, 1.807) is 7.05 Å². The molecular weight excluding hydrogens is 449 g/mol. The number of aryl methyl sites for hydroxylation is 1. The van der Waals surface area contributed by atoms with E-state index in [2.05, 4.69) is 44.4 Å². The van der Waals surface area contributed by atoms with Gasteiger partial charge in [0.25, 0.3) is 0 Å². The second-order valence-corrected chi connectivity index (χ2v) is 6.51.